The molecule has 70 valence electrons. The highest BCUT2D eigenvalue weighted by Crippen LogP contribution is 2.32. The van der Waals surface area contributed by atoms with E-state index in [1.54, 1.807) is 0 Å². The first-order valence-electron chi connectivity index (χ1n) is 5.29. The fraction of sp³-hybridized carbons (Fsp3) is 1.00. The van der Waals surface area contributed by atoms with Crippen LogP contribution in [0.15, 0.2) is 0 Å². The Morgan fingerprint density at radius 2 is 1.92 bits per heavy atom. The normalized spacial score (nSPS) is 43.2. The van der Waals surface area contributed by atoms with Gasteiger partial charge in [-0.3, -0.25) is 0 Å². The van der Waals surface area contributed by atoms with Crippen molar-refractivity contribution in [1.82, 2.24) is 5.32 Å². The van der Waals surface area contributed by atoms with Crippen LogP contribution in [0.25, 0.3) is 0 Å². The third-order valence-electron chi connectivity index (χ3n) is 3.41. The van der Waals surface area contributed by atoms with E-state index in [-0.39, 0.29) is 6.10 Å². The van der Waals surface area contributed by atoms with Crippen molar-refractivity contribution in [3.63, 3.8) is 0 Å². The van der Waals surface area contributed by atoms with Crippen LogP contribution in [-0.4, -0.2) is 23.8 Å². The van der Waals surface area contributed by atoms with Gasteiger partial charge >= 0.3 is 0 Å². The van der Waals surface area contributed by atoms with E-state index in [4.69, 9.17) is 0 Å². The molecule has 2 nitrogen and oxygen atoms in total. The molecule has 0 amide bonds. The first kappa shape index (κ1) is 8.52. The van der Waals surface area contributed by atoms with E-state index < -0.39 is 0 Å². The van der Waals surface area contributed by atoms with Crippen molar-refractivity contribution < 1.29 is 5.11 Å². The summed E-state index contributed by atoms with van der Waals surface area (Å²) in [6.45, 7) is 1.16. The summed E-state index contributed by atoms with van der Waals surface area (Å²) in [7, 11) is 0. The number of rotatable bonds is 1. The van der Waals surface area contributed by atoms with E-state index >= 15 is 0 Å². The van der Waals surface area contributed by atoms with E-state index in [9.17, 15) is 5.11 Å². The topological polar surface area (TPSA) is 32.3 Å². The van der Waals surface area contributed by atoms with E-state index in [2.05, 4.69) is 5.32 Å². The lowest BCUT2D eigenvalue weighted by Gasteiger charge is -2.38. The van der Waals surface area contributed by atoms with Gasteiger partial charge in [-0.25, -0.2) is 0 Å². The van der Waals surface area contributed by atoms with Gasteiger partial charge in [0.05, 0.1) is 6.10 Å². The Morgan fingerprint density at radius 3 is 2.58 bits per heavy atom. The molecule has 0 aromatic rings. The van der Waals surface area contributed by atoms with E-state index in [1.165, 1.54) is 32.1 Å². The van der Waals surface area contributed by atoms with Gasteiger partial charge in [0.2, 0.25) is 0 Å². The van der Waals surface area contributed by atoms with Crippen molar-refractivity contribution in [2.75, 3.05) is 6.54 Å². The molecule has 0 aromatic carbocycles. The minimum absolute atomic E-state index is 0.000556. The first-order valence-corrected chi connectivity index (χ1v) is 5.29. The van der Waals surface area contributed by atoms with Crippen molar-refractivity contribution >= 4 is 0 Å². The highest BCUT2D eigenvalue weighted by molar-refractivity contribution is 4.90. The maximum absolute atomic E-state index is 9.51. The Hall–Kier alpha value is -0.0800. The van der Waals surface area contributed by atoms with Crippen LogP contribution in [0.5, 0.6) is 0 Å². The second kappa shape index (κ2) is 3.75. The summed E-state index contributed by atoms with van der Waals surface area (Å²) in [6, 6.07) is 0.622. The van der Waals surface area contributed by atoms with Crippen LogP contribution in [0.1, 0.15) is 38.5 Å². The van der Waals surface area contributed by atoms with Crippen LogP contribution >= 0.6 is 0 Å². The van der Waals surface area contributed by atoms with E-state index in [0.29, 0.717) is 12.0 Å². The summed E-state index contributed by atoms with van der Waals surface area (Å²) in [4.78, 5) is 0. The molecule has 0 spiro atoms. The van der Waals surface area contributed by atoms with Crippen LogP contribution in [0.2, 0.25) is 0 Å². The van der Waals surface area contributed by atoms with E-state index in [1.807, 2.05) is 0 Å². The predicted octanol–water partition coefficient (Wildman–Crippen LogP) is 1.29. The Labute approximate surface area is 74.4 Å². The molecule has 3 unspecified atom stereocenters. The molecule has 1 aliphatic heterocycles. The van der Waals surface area contributed by atoms with Gasteiger partial charge < -0.3 is 10.4 Å². The van der Waals surface area contributed by atoms with Crippen LogP contribution in [0, 0.1) is 5.92 Å². The summed E-state index contributed by atoms with van der Waals surface area (Å²) in [5.41, 5.74) is 0. The number of hydrogen-bond donors (Lipinski definition) is 2. The smallest absolute Gasteiger partial charge is 0.0583 e. The molecule has 1 heterocycles. The Bertz CT molecular complexity index is 141. The second-order valence-corrected chi connectivity index (χ2v) is 4.22. The van der Waals surface area contributed by atoms with Gasteiger partial charge in [-0.05, 0) is 32.2 Å². The summed E-state index contributed by atoms with van der Waals surface area (Å²) in [5.74, 6) is 0.572. The number of aliphatic hydroxyl groups excluding tert-OH is 1. The SMILES string of the molecule is OC1CCC1C1CCCCCN1. The van der Waals surface area contributed by atoms with Gasteiger partial charge in [-0.2, -0.15) is 0 Å². The molecule has 0 aromatic heterocycles. The number of aliphatic hydroxyl groups is 1. The largest absolute Gasteiger partial charge is 0.393 e. The summed E-state index contributed by atoms with van der Waals surface area (Å²) in [5, 5.41) is 13.1. The third kappa shape index (κ3) is 1.64. The quantitative estimate of drug-likeness (QED) is 0.620. The zero-order valence-corrected chi connectivity index (χ0v) is 7.63. The Morgan fingerprint density at radius 1 is 1.00 bits per heavy atom. The standard InChI is InChI=1S/C10H19NO/c12-10-6-5-8(10)9-4-2-1-3-7-11-9/h8-12H,1-7H2. The molecule has 2 rings (SSSR count). The highest BCUT2D eigenvalue weighted by Gasteiger charge is 2.35. The first-order chi connectivity index (χ1) is 5.88. The number of hydrogen-bond acceptors (Lipinski definition) is 2. The summed E-state index contributed by atoms with van der Waals surface area (Å²) >= 11 is 0. The molecule has 3 atom stereocenters. The second-order valence-electron chi connectivity index (χ2n) is 4.22. The highest BCUT2D eigenvalue weighted by atomic mass is 16.3. The van der Waals surface area contributed by atoms with Crippen molar-refractivity contribution in [1.29, 1.82) is 0 Å². The zero-order chi connectivity index (χ0) is 8.39. The van der Waals surface area contributed by atoms with Crippen molar-refractivity contribution in [3.05, 3.63) is 0 Å². The number of nitrogens with one attached hydrogen (secondary N) is 1. The van der Waals surface area contributed by atoms with Crippen LogP contribution in [-0.2, 0) is 0 Å². The maximum atomic E-state index is 9.51. The molecular weight excluding hydrogens is 150 g/mol. The molecule has 2 heteroatoms. The molecular formula is C10H19NO. The molecule has 1 saturated heterocycles. The molecule has 2 N–H and O–H groups in total. The van der Waals surface area contributed by atoms with Crippen LogP contribution in [0.4, 0.5) is 0 Å². The lowest BCUT2D eigenvalue weighted by molar-refractivity contribution is 0.00162. The molecule has 1 aliphatic carbocycles. The van der Waals surface area contributed by atoms with Gasteiger partial charge in [0.25, 0.3) is 0 Å². The molecule has 12 heavy (non-hydrogen) atoms. The molecule has 2 aliphatic rings. The van der Waals surface area contributed by atoms with Gasteiger partial charge in [-0.15, -0.1) is 0 Å². The average Bonchev–Trinajstić information content (AvgIpc) is 2.30. The third-order valence-corrected chi connectivity index (χ3v) is 3.41. The van der Waals surface area contributed by atoms with E-state index in [0.717, 1.165) is 13.0 Å². The predicted molar refractivity (Wildman–Crippen MR) is 49.0 cm³/mol. The van der Waals surface area contributed by atoms with Crippen molar-refractivity contribution in [3.8, 4) is 0 Å². The molecule has 1 saturated carbocycles. The van der Waals surface area contributed by atoms with Crippen molar-refractivity contribution in [2.45, 2.75) is 50.7 Å². The van der Waals surface area contributed by atoms with Gasteiger partial charge in [0, 0.05) is 12.0 Å². The Kier molecular flexibility index (Phi) is 2.66. The minimum atomic E-state index is 0.000556. The lowest BCUT2D eigenvalue weighted by atomic mass is 9.75. The van der Waals surface area contributed by atoms with Crippen LogP contribution < -0.4 is 5.32 Å². The van der Waals surface area contributed by atoms with Crippen LogP contribution in [0.3, 0.4) is 0 Å². The maximum Gasteiger partial charge on any atom is 0.0583 e. The summed E-state index contributed by atoms with van der Waals surface area (Å²) < 4.78 is 0. The molecule has 2 fully saturated rings. The van der Waals surface area contributed by atoms with Gasteiger partial charge in [0.15, 0.2) is 0 Å². The monoisotopic (exact) mass is 169 g/mol. The van der Waals surface area contributed by atoms with Crippen molar-refractivity contribution in [2.24, 2.45) is 5.92 Å². The van der Waals surface area contributed by atoms with Gasteiger partial charge in [0.1, 0.15) is 0 Å². The minimum Gasteiger partial charge on any atom is -0.393 e. The Balaban J connectivity index is 1.84. The fourth-order valence-electron chi connectivity index (χ4n) is 2.40. The summed E-state index contributed by atoms with van der Waals surface area (Å²) in [6.07, 6.45) is 7.58. The molecule has 0 radical (unpaired) electrons. The fourth-order valence-corrected chi connectivity index (χ4v) is 2.40. The zero-order valence-electron chi connectivity index (χ0n) is 7.63. The lowest BCUT2D eigenvalue weighted by Crippen LogP contribution is -2.47. The molecule has 0 bridgehead atoms. The average molecular weight is 169 g/mol. The van der Waals surface area contributed by atoms with Gasteiger partial charge in [-0.1, -0.05) is 12.8 Å².